The molecule has 1 spiro atoms. The molecule has 3 aliphatic carbocycles. The number of esters is 3. The molecule has 39 heavy (non-hydrogen) atoms. The van der Waals surface area contributed by atoms with Crippen molar-refractivity contribution in [2.24, 2.45) is 28.6 Å². The average Bonchev–Trinajstić information content (AvgIpc) is 3.18. The summed E-state index contributed by atoms with van der Waals surface area (Å²) in [5.74, 6) is -6.19. The Morgan fingerprint density at radius 1 is 1.21 bits per heavy atom. The highest BCUT2D eigenvalue weighted by atomic mass is 16.6. The second-order valence-electron chi connectivity index (χ2n) is 11.9. The van der Waals surface area contributed by atoms with Crippen LogP contribution >= 0.6 is 0 Å². The predicted molar refractivity (Wildman–Crippen MR) is 132 cm³/mol. The molecule has 0 aromatic heterocycles. The van der Waals surface area contributed by atoms with E-state index in [4.69, 9.17) is 18.9 Å². The van der Waals surface area contributed by atoms with Crippen molar-refractivity contribution in [2.75, 3.05) is 13.7 Å². The van der Waals surface area contributed by atoms with Crippen molar-refractivity contribution in [1.29, 1.82) is 0 Å². The fourth-order valence-corrected chi connectivity index (χ4v) is 7.83. The molecular weight excluding hydrogens is 512 g/mol. The maximum absolute atomic E-state index is 13.5. The maximum atomic E-state index is 13.5. The third-order valence-electron chi connectivity index (χ3n) is 9.83. The Morgan fingerprint density at radius 2 is 1.87 bits per heavy atom. The molecule has 212 valence electrons. The molecule has 0 aromatic rings. The van der Waals surface area contributed by atoms with Crippen LogP contribution in [0.4, 0.5) is 0 Å². The van der Waals surface area contributed by atoms with Crippen molar-refractivity contribution < 1.29 is 53.4 Å². The van der Waals surface area contributed by atoms with Gasteiger partial charge in [0.2, 0.25) is 17.5 Å². The number of aliphatic hydroxyl groups excluding tert-OH is 3. The van der Waals surface area contributed by atoms with Gasteiger partial charge in [-0.3, -0.25) is 4.79 Å². The van der Waals surface area contributed by atoms with Crippen LogP contribution < -0.4 is 0 Å². The number of methoxy groups -OCH3 is 1. The molecule has 2 heterocycles. The fraction of sp³-hybridized carbons (Fsp3) is 0.643. The molecule has 0 amide bonds. The van der Waals surface area contributed by atoms with Gasteiger partial charge in [-0.05, 0) is 31.4 Å². The fourth-order valence-electron chi connectivity index (χ4n) is 7.83. The van der Waals surface area contributed by atoms with E-state index in [1.807, 2.05) is 13.8 Å². The van der Waals surface area contributed by atoms with Gasteiger partial charge in [0.25, 0.3) is 0 Å². The number of fused-ring (bicyclic) bond motifs is 2. The van der Waals surface area contributed by atoms with Crippen molar-refractivity contribution in [3.05, 3.63) is 34.6 Å². The summed E-state index contributed by atoms with van der Waals surface area (Å²) in [6, 6.07) is 0. The van der Waals surface area contributed by atoms with Gasteiger partial charge in [-0.25, -0.2) is 14.4 Å². The summed E-state index contributed by atoms with van der Waals surface area (Å²) >= 11 is 0. The van der Waals surface area contributed by atoms with Gasteiger partial charge in [-0.2, -0.15) is 0 Å². The normalized spacial score (nSPS) is 42.9. The number of rotatable bonds is 4. The van der Waals surface area contributed by atoms with Crippen molar-refractivity contribution in [3.8, 4) is 0 Å². The Labute approximate surface area is 225 Å². The van der Waals surface area contributed by atoms with Gasteiger partial charge in [-0.1, -0.05) is 26.3 Å². The Balaban J connectivity index is 1.73. The Hall–Kier alpha value is -3.02. The summed E-state index contributed by atoms with van der Waals surface area (Å²) in [6.45, 7) is 8.52. The quantitative estimate of drug-likeness (QED) is 0.262. The number of Topliss-reactive ketones (excluding diaryl/α,β-unsaturated/α-hetero) is 1. The van der Waals surface area contributed by atoms with Gasteiger partial charge in [0.15, 0.2) is 5.76 Å². The molecule has 5 rings (SSSR count). The summed E-state index contributed by atoms with van der Waals surface area (Å²) in [6.07, 6.45) is -3.55. The lowest BCUT2D eigenvalue weighted by Crippen LogP contribution is -2.78. The standard InChI is InChI=1S/C28H34O11/c1-11(2)12(3)7-17(30)39-20-22-27-10-37-28(22,25(35)36-6)23(33)19(32)21(27)26(5)9-15(29)18(31)13(4)14(26)8-16(27)38-24(20)34/h7,9,11,16,19-23,29,32-33H,8,10H2,1-6H3/b12-7+/t16-,19-,20-,21-,22-,23+,26+,27-,28-/m1/s1. The third-order valence-corrected chi connectivity index (χ3v) is 9.83. The number of carbonyl (C=O) groups excluding carboxylic acids is 4. The average molecular weight is 547 g/mol. The summed E-state index contributed by atoms with van der Waals surface area (Å²) < 4.78 is 22.6. The van der Waals surface area contributed by atoms with Gasteiger partial charge >= 0.3 is 17.9 Å². The highest BCUT2D eigenvalue weighted by Gasteiger charge is 2.84. The minimum absolute atomic E-state index is 0.0241. The molecule has 11 nitrogen and oxygen atoms in total. The van der Waals surface area contributed by atoms with Crippen LogP contribution in [0, 0.1) is 28.6 Å². The first-order valence-electron chi connectivity index (χ1n) is 13.0. The van der Waals surface area contributed by atoms with E-state index in [0.29, 0.717) is 11.1 Å². The second kappa shape index (κ2) is 8.74. The van der Waals surface area contributed by atoms with E-state index in [1.54, 1.807) is 20.8 Å². The van der Waals surface area contributed by atoms with Crippen molar-refractivity contribution in [2.45, 2.75) is 71.1 Å². The lowest BCUT2D eigenvalue weighted by Gasteiger charge is -2.65. The van der Waals surface area contributed by atoms with E-state index < -0.39 is 82.1 Å². The smallest absolute Gasteiger partial charge is 0.348 e. The summed E-state index contributed by atoms with van der Waals surface area (Å²) in [5.41, 5.74) is -3.31. The summed E-state index contributed by atoms with van der Waals surface area (Å²) in [4.78, 5) is 52.5. The number of ketones is 1. The molecule has 0 unspecified atom stereocenters. The Bertz CT molecular complexity index is 1260. The van der Waals surface area contributed by atoms with E-state index in [1.165, 1.54) is 12.2 Å². The van der Waals surface area contributed by atoms with Crippen LogP contribution in [0.1, 0.15) is 41.0 Å². The molecule has 5 aliphatic rings. The Morgan fingerprint density at radius 3 is 2.49 bits per heavy atom. The summed E-state index contributed by atoms with van der Waals surface area (Å²) in [7, 11) is 1.09. The lowest BCUT2D eigenvalue weighted by atomic mass is 9.40. The van der Waals surface area contributed by atoms with Gasteiger partial charge in [0.1, 0.15) is 12.2 Å². The van der Waals surface area contributed by atoms with Gasteiger partial charge in [0, 0.05) is 34.8 Å². The van der Waals surface area contributed by atoms with Crippen LogP contribution in [0.15, 0.2) is 34.6 Å². The molecule has 4 fully saturated rings. The zero-order valence-electron chi connectivity index (χ0n) is 22.7. The van der Waals surface area contributed by atoms with Crippen LogP contribution in [0.2, 0.25) is 0 Å². The minimum Gasteiger partial charge on any atom is -0.504 e. The number of carbonyl (C=O) groups is 4. The molecule has 3 N–H and O–H groups in total. The van der Waals surface area contributed by atoms with E-state index in [0.717, 1.165) is 7.11 Å². The van der Waals surface area contributed by atoms with E-state index in [-0.39, 0.29) is 24.5 Å². The lowest BCUT2D eigenvalue weighted by molar-refractivity contribution is -0.272. The third kappa shape index (κ3) is 3.32. The molecule has 2 saturated carbocycles. The van der Waals surface area contributed by atoms with E-state index >= 15 is 0 Å². The first-order chi connectivity index (χ1) is 18.2. The van der Waals surface area contributed by atoms with E-state index in [2.05, 4.69) is 0 Å². The van der Waals surface area contributed by atoms with Crippen molar-refractivity contribution in [3.63, 3.8) is 0 Å². The minimum atomic E-state index is -2.24. The molecule has 0 radical (unpaired) electrons. The highest BCUT2D eigenvalue weighted by molar-refractivity contribution is 6.08. The van der Waals surface area contributed by atoms with Crippen LogP contribution in [0.25, 0.3) is 0 Å². The van der Waals surface area contributed by atoms with Gasteiger partial charge in [0.05, 0.1) is 25.7 Å². The van der Waals surface area contributed by atoms with Crippen LogP contribution in [-0.2, 0) is 38.1 Å². The highest BCUT2D eigenvalue weighted by Crippen LogP contribution is 2.71. The number of allylic oxidation sites excluding steroid dienone is 3. The number of aliphatic hydroxyl groups is 3. The van der Waals surface area contributed by atoms with Crippen molar-refractivity contribution >= 4 is 23.7 Å². The first-order valence-corrected chi connectivity index (χ1v) is 13.0. The van der Waals surface area contributed by atoms with Crippen LogP contribution in [0.3, 0.4) is 0 Å². The Kier molecular flexibility index (Phi) is 6.17. The maximum Gasteiger partial charge on any atom is 0.348 e. The monoisotopic (exact) mass is 546 g/mol. The largest absolute Gasteiger partial charge is 0.504 e. The number of ether oxygens (including phenoxy) is 4. The van der Waals surface area contributed by atoms with Gasteiger partial charge in [-0.15, -0.1) is 0 Å². The first kappa shape index (κ1) is 27.5. The molecule has 0 aromatic carbocycles. The number of hydrogen-bond donors (Lipinski definition) is 3. The SMILES string of the molecule is COC(=O)[C@]12OC[C@@]34[C@@H](CC5=C(C)C(=O)C(O)=C[C@]5(C)[C@H]3[C@@H](O)[C@@H]1O)OC(=O)[C@H](OC(=O)/C=C(\C)C(C)C)[C@@H]24. The van der Waals surface area contributed by atoms with Crippen molar-refractivity contribution in [1.82, 2.24) is 0 Å². The molecular formula is C28H34O11. The molecule has 2 saturated heterocycles. The van der Waals surface area contributed by atoms with Crippen LogP contribution in [0.5, 0.6) is 0 Å². The second-order valence-corrected chi connectivity index (χ2v) is 11.9. The predicted octanol–water partition coefficient (Wildman–Crippen LogP) is 1.07. The topological polar surface area (TPSA) is 166 Å². The molecule has 2 bridgehead atoms. The molecule has 11 heteroatoms. The summed E-state index contributed by atoms with van der Waals surface area (Å²) in [5, 5.41) is 33.8. The van der Waals surface area contributed by atoms with Gasteiger partial charge < -0.3 is 34.3 Å². The zero-order valence-corrected chi connectivity index (χ0v) is 22.7. The molecule has 2 aliphatic heterocycles. The number of hydrogen-bond acceptors (Lipinski definition) is 11. The zero-order chi connectivity index (χ0) is 28.8. The van der Waals surface area contributed by atoms with Crippen LogP contribution in [-0.4, -0.2) is 82.7 Å². The van der Waals surface area contributed by atoms with E-state index in [9.17, 15) is 34.5 Å². The molecule has 9 atom stereocenters.